The number of hydrogen-bond acceptors (Lipinski definition) is 7. The summed E-state index contributed by atoms with van der Waals surface area (Å²) in [5.41, 5.74) is 1.76. The van der Waals surface area contributed by atoms with Crippen molar-refractivity contribution in [3.8, 4) is 22.9 Å². The molecule has 0 saturated carbocycles. The number of carbonyl (C=O) groups is 1. The number of rotatable bonds is 7. The molecule has 0 radical (unpaired) electrons. The predicted molar refractivity (Wildman–Crippen MR) is 108 cm³/mol. The lowest BCUT2D eigenvalue weighted by molar-refractivity contribution is -0.120. The second-order valence-corrected chi connectivity index (χ2v) is 7.05. The number of benzene rings is 2. The number of methoxy groups -OCH3 is 1. The minimum absolute atomic E-state index is 0.112. The van der Waals surface area contributed by atoms with Crippen molar-refractivity contribution < 1.29 is 19.0 Å². The summed E-state index contributed by atoms with van der Waals surface area (Å²) in [4.78, 5) is 12.4. The molecule has 9 heteroatoms. The van der Waals surface area contributed by atoms with Crippen LogP contribution >= 0.6 is 11.8 Å². The zero-order valence-corrected chi connectivity index (χ0v) is 16.9. The van der Waals surface area contributed by atoms with E-state index < -0.39 is 0 Å². The first-order valence-electron chi connectivity index (χ1n) is 8.96. The Balaban J connectivity index is 1.45. The Hall–Kier alpha value is -3.20. The molecule has 0 atom stereocenters. The van der Waals surface area contributed by atoms with Crippen LogP contribution < -0.4 is 19.5 Å². The standard InChI is InChI=1S/C20H20N4O4S/c1-26-15-6-4-14(5-7-15)24-18(22-23-20(24)29-2)11-21-19(25)10-13-3-8-16-17(9-13)28-12-27-16/h3-9H,10-12H2,1-2H3,(H,21,25). The van der Waals surface area contributed by atoms with Gasteiger partial charge in [-0.15, -0.1) is 10.2 Å². The monoisotopic (exact) mass is 412 g/mol. The third-order valence-corrected chi connectivity index (χ3v) is 5.09. The van der Waals surface area contributed by atoms with Gasteiger partial charge in [-0.1, -0.05) is 17.8 Å². The molecule has 0 spiro atoms. The second-order valence-electron chi connectivity index (χ2n) is 6.28. The van der Waals surface area contributed by atoms with Crippen LogP contribution in [-0.4, -0.2) is 40.8 Å². The van der Waals surface area contributed by atoms with Gasteiger partial charge in [0, 0.05) is 5.69 Å². The molecule has 0 fully saturated rings. The Morgan fingerprint density at radius 2 is 1.97 bits per heavy atom. The summed E-state index contributed by atoms with van der Waals surface area (Å²) < 4.78 is 17.8. The van der Waals surface area contributed by atoms with E-state index in [0.717, 1.165) is 22.2 Å². The highest BCUT2D eigenvalue weighted by Gasteiger charge is 2.16. The molecule has 1 N–H and O–H groups in total. The summed E-state index contributed by atoms with van der Waals surface area (Å²) in [5, 5.41) is 12.1. The second kappa shape index (κ2) is 8.44. The molecule has 8 nitrogen and oxygen atoms in total. The van der Waals surface area contributed by atoms with Crippen LogP contribution in [0.1, 0.15) is 11.4 Å². The molecule has 1 aliphatic rings. The van der Waals surface area contributed by atoms with Crippen molar-refractivity contribution in [2.45, 2.75) is 18.1 Å². The summed E-state index contributed by atoms with van der Waals surface area (Å²) in [6.07, 6.45) is 2.18. The van der Waals surface area contributed by atoms with E-state index >= 15 is 0 Å². The van der Waals surface area contributed by atoms with Crippen LogP contribution in [0.4, 0.5) is 0 Å². The van der Waals surface area contributed by atoms with Crippen LogP contribution in [-0.2, 0) is 17.8 Å². The Morgan fingerprint density at radius 3 is 2.72 bits per heavy atom. The predicted octanol–water partition coefficient (Wildman–Crippen LogP) is 2.59. The van der Waals surface area contributed by atoms with Crippen LogP contribution in [0.5, 0.6) is 17.2 Å². The summed E-state index contributed by atoms with van der Waals surface area (Å²) in [7, 11) is 1.63. The number of carbonyl (C=O) groups excluding carboxylic acids is 1. The zero-order chi connectivity index (χ0) is 20.2. The average molecular weight is 412 g/mol. The van der Waals surface area contributed by atoms with Gasteiger partial charge in [-0.05, 0) is 48.2 Å². The summed E-state index contributed by atoms with van der Waals surface area (Å²) in [6.45, 7) is 0.479. The third-order valence-electron chi connectivity index (χ3n) is 4.46. The van der Waals surface area contributed by atoms with Gasteiger partial charge in [0.15, 0.2) is 22.5 Å². The first kappa shape index (κ1) is 19.1. The zero-order valence-electron chi connectivity index (χ0n) is 16.0. The van der Waals surface area contributed by atoms with Gasteiger partial charge < -0.3 is 19.5 Å². The van der Waals surface area contributed by atoms with E-state index in [1.807, 2.05) is 53.3 Å². The molecule has 0 aliphatic carbocycles. The molecule has 1 aliphatic heterocycles. The van der Waals surface area contributed by atoms with Crippen molar-refractivity contribution in [2.24, 2.45) is 0 Å². The molecular weight excluding hydrogens is 392 g/mol. The van der Waals surface area contributed by atoms with Crippen LogP contribution in [0.25, 0.3) is 5.69 Å². The number of hydrogen-bond donors (Lipinski definition) is 1. The molecule has 0 unspecified atom stereocenters. The summed E-state index contributed by atoms with van der Waals surface area (Å²) >= 11 is 1.49. The number of fused-ring (bicyclic) bond motifs is 1. The van der Waals surface area contributed by atoms with Crippen LogP contribution in [0, 0.1) is 0 Å². The number of amides is 1. The highest BCUT2D eigenvalue weighted by molar-refractivity contribution is 7.98. The number of thioether (sulfide) groups is 1. The third kappa shape index (κ3) is 4.14. The molecule has 2 heterocycles. The number of nitrogens with zero attached hydrogens (tertiary/aromatic N) is 3. The lowest BCUT2D eigenvalue weighted by atomic mass is 10.1. The molecule has 2 aromatic carbocycles. The van der Waals surface area contributed by atoms with Crippen molar-refractivity contribution >= 4 is 17.7 Å². The number of ether oxygens (including phenoxy) is 3. The lowest BCUT2D eigenvalue weighted by Crippen LogP contribution is -2.26. The average Bonchev–Trinajstić information content (AvgIpc) is 3.38. The topological polar surface area (TPSA) is 87.5 Å². The van der Waals surface area contributed by atoms with Gasteiger partial charge in [0.1, 0.15) is 5.75 Å². The molecule has 1 amide bonds. The quantitative estimate of drug-likeness (QED) is 0.597. The van der Waals surface area contributed by atoms with Crippen molar-refractivity contribution in [3.05, 3.63) is 53.9 Å². The first-order chi connectivity index (χ1) is 14.2. The normalized spacial score (nSPS) is 12.1. The highest BCUT2D eigenvalue weighted by atomic mass is 32.2. The minimum Gasteiger partial charge on any atom is -0.497 e. The van der Waals surface area contributed by atoms with Crippen LogP contribution in [0.2, 0.25) is 0 Å². The molecule has 150 valence electrons. The summed E-state index contributed by atoms with van der Waals surface area (Å²) in [6, 6.07) is 13.1. The van der Waals surface area contributed by atoms with Gasteiger partial charge in [-0.25, -0.2) is 0 Å². The number of nitrogens with one attached hydrogen (secondary N) is 1. The van der Waals surface area contributed by atoms with E-state index in [0.29, 0.717) is 17.3 Å². The van der Waals surface area contributed by atoms with Gasteiger partial charge in [-0.2, -0.15) is 0 Å². The maximum absolute atomic E-state index is 12.4. The smallest absolute Gasteiger partial charge is 0.231 e. The molecule has 1 aromatic heterocycles. The molecule has 29 heavy (non-hydrogen) atoms. The van der Waals surface area contributed by atoms with Crippen molar-refractivity contribution in [2.75, 3.05) is 20.2 Å². The maximum Gasteiger partial charge on any atom is 0.231 e. The van der Waals surface area contributed by atoms with Crippen LogP contribution in [0.3, 0.4) is 0 Å². The van der Waals surface area contributed by atoms with E-state index in [9.17, 15) is 4.79 Å². The van der Waals surface area contributed by atoms with Gasteiger partial charge in [0.25, 0.3) is 0 Å². The van der Waals surface area contributed by atoms with E-state index in [-0.39, 0.29) is 25.7 Å². The summed E-state index contributed by atoms with van der Waals surface area (Å²) in [5.74, 6) is 2.68. The fourth-order valence-electron chi connectivity index (χ4n) is 3.01. The molecule has 3 aromatic rings. The SMILES string of the molecule is COc1ccc(-n2c(CNC(=O)Cc3ccc4c(c3)OCO4)nnc2SC)cc1. The van der Waals surface area contributed by atoms with Gasteiger partial charge in [0.05, 0.1) is 20.1 Å². The largest absolute Gasteiger partial charge is 0.497 e. The Labute approximate surface area is 172 Å². The molecule has 4 rings (SSSR count). The molecule has 0 saturated heterocycles. The lowest BCUT2D eigenvalue weighted by Gasteiger charge is -2.11. The van der Waals surface area contributed by atoms with E-state index in [1.165, 1.54) is 11.8 Å². The van der Waals surface area contributed by atoms with E-state index in [4.69, 9.17) is 14.2 Å². The molecular formula is C20H20N4O4S. The number of aromatic nitrogens is 3. The highest BCUT2D eigenvalue weighted by Crippen LogP contribution is 2.32. The minimum atomic E-state index is -0.112. The van der Waals surface area contributed by atoms with Crippen molar-refractivity contribution in [1.29, 1.82) is 0 Å². The maximum atomic E-state index is 12.4. The van der Waals surface area contributed by atoms with Gasteiger partial charge >= 0.3 is 0 Å². The van der Waals surface area contributed by atoms with Crippen LogP contribution in [0.15, 0.2) is 47.6 Å². The van der Waals surface area contributed by atoms with Crippen molar-refractivity contribution in [3.63, 3.8) is 0 Å². The van der Waals surface area contributed by atoms with E-state index in [1.54, 1.807) is 7.11 Å². The molecule has 0 bridgehead atoms. The Bertz CT molecular complexity index is 1020. The van der Waals surface area contributed by atoms with E-state index in [2.05, 4.69) is 15.5 Å². The van der Waals surface area contributed by atoms with Crippen molar-refractivity contribution in [1.82, 2.24) is 20.1 Å². The fraction of sp³-hybridized carbons (Fsp3) is 0.250. The van der Waals surface area contributed by atoms with Gasteiger partial charge in [0.2, 0.25) is 12.7 Å². The Morgan fingerprint density at radius 1 is 1.17 bits per heavy atom. The fourth-order valence-corrected chi connectivity index (χ4v) is 3.53. The van der Waals surface area contributed by atoms with Gasteiger partial charge in [-0.3, -0.25) is 9.36 Å². The Kier molecular flexibility index (Phi) is 5.57. The first-order valence-corrected chi connectivity index (χ1v) is 10.2.